The van der Waals surface area contributed by atoms with Crippen LogP contribution in [0.15, 0.2) is 29.2 Å². The number of nitrogens with zero attached hydrogens (tertiary/aromatic N) is 1. The van der Waals surface area contributed by atoms with Crippen LogP contribution in [0.2, 0.25) is 5.02 Å². The fourth-order valence-electron chi connectivity index (χ4n) is 1.80. The maximum Gasteiger partial charge on any atom is 0.328 e. The minimum Gasteiger partial charge on any atom is -0.467 e. The molecule has 0 unspecified atom stereocenters. The van der Waals surface area contributed by atoms with E-state index in [2.05, 4.69) is 4.74 Å². The second kappa shape index (κ2) is 6.32. The summed E-state index contributed by atoms with van der Waals surface area (Å²) in [5.74, 6) is -1.14. The molecule has 1 aliphatic rings. The summed E-state index contributed by atoms with van der Waals surface area (Å²) in [4.78, 5) is 36.8. The number of halogens is 1. The first-order valence-corrected chi connectivity index (χ1v) is 7.24. The van der Waals surface area contributed by atoms with Crippen LogP contribution in [0.1, 0.15) is 12.5 Å². The average molecular weight is 326 g/mol. The summed E-state index contributed by atoms with van der Waals surface area (Å²) >= 11 is 6.58. The zero-order valence-corrected chi connectivity index (χ0v) is 12.9. The van der Waals surface area contributed by atoms with Gasteiger partial charge in [-0.25, -0.2) is 4.79 Å². The molecule has 21 heavy (non-hydrogen) atoms. The Labute approximate surface area is 130 Å². The number of amides is 2. The van der Waals surface area contributed by atoms with Crippen molar-refractivity contribution in [2.75, 3.05) is 7.11 Å². The van der Waals surface area contributed by atoms with E-state index in [1.807, 2.05) is 0 Å². The molecular weight excluding hydrogens is 314 g/mol. The predicted octanol–water partition coefficient (Wildman–Crippen LogP) is 2.94. The SMILES string of the molecule is COC(=O)[C@@H](C)N1C(=O)S/C(=C\c2ccc(Cl)cc2)C1=O. The van der Waals surface area contributed by atoms with Gasteiger partial charge in [-0.05, 0) is 42.5 Å². The molecule has 2 amide bonds. The molecular formula is C14H12ClNO4S. The van der Waals surface area contributed by atoms with Crippen LogP contribution in [-0.4, -0.2) is 35.2 Å². The molecule has 0 radical (unpaired) electrons. The van der Waals surface area contributed by atoms with Crippen molar-refractivity contribution in [3.63, 3.8) is 0 Å². The fraction of sp³-hybridized carbons (Fsp3) is 0.214. The first-order valence-electron chi connectivity index (χ1n) is 6.04. The van der Waals surface area contributed by atoms with Crippen LogP contribution in [-0.2, 0) is 14.3 Å². The number of imide groups is 1. The molecule has 0 N–H and O–H groups in total. The second-order valence-electron chi connectivity index (χ2n) is 4.30. The van der Waals surface area contributed by atoms with Crippen LogP contribution in [0.25, 0.3) is 6.08 Å². The average Bonchev–Trinajstić information content (AvgIpc) is 2.74. The van der Waals surface area contributed by atoms with Crippen molar-refractivity contribution in [2.45, 2.75) is 13.0 Å². The molecule has 2 rings (SSSR count). The number of carbonyl (C=O) groups is 3. The second-order valence-corrected chi connectivity index (χ2v) is 5.73. The van der Waals surface area contributed by atoms with Gasteiger partial charge in [0.1, 0.15) is 6.04 Å². The van der Waals surface area contributed by atoms with Gasteiger partial charge in [0.25, 0.3) is 11.1 Å². The number of ether oxygens (including phenoxy) is 1. The molecule has 7 heteroatoms. The lowest BCUT2D eigenvalue weighted by Crippen LogP contribution is -2.42. The van der Waals surface area contributed by atoms with Crippen molar-refractivity contribution in [3.8, 4) is 0 Å². The summed E-state index contributed by atoms with van der Waals surface area (Å²) in [7, 11) is 1.21. The first kappa shape index (κ1) is 15.6. The fourth-order valence-corrected chi connectivity index (χ4v) is 2.83. The number of thioether (sulfide) groups is 1. The van der Waals surface area contributed by atoms with Crippen molar-refractivity contribution in [1.82, 2.24) is 4.90 Å². The van der Waals surface area contributed by atoms with Crippen molar-refractivity contribution in [2.24, 2.45) is 0 Å². The molecule has 5 nitrogen and oxygen atoms in total. The molecule has 0 bridgehead atoms. The number of esters is 1. The first-order chi connectivity index (χ1) is 9.93. The van der Waals surface area contributed by atoms with Crippen LogP contribution in [0, 0.1) is 0 Å². The van der Waals surface area contributed by atoms with Crippen LogP contribution in [0.4, 0.5) is 4.79 Å². The summed E-state index contributed by atoms with van der Waals surface area (Å²) in [6.07, 6.45) is 1.59. The summed E-state index contributed by atoms with van der Waals surface area (Å²) in [5, 5.41) is 0.0951. The highest BCUT2D eigenvalue weighted by atomic mass is 35.5. The van der Waals surface area contributed by atoms with E-state index < -0.39 is 23.2 Å². The van der Waals surface area contributed by atoms with Crippen molar-refractivity contribution >= 4 is 46.6 Å². The lowest BCUT2D eigenvalue weighted by atomic mass is 10.2. The number of benzene rings is 1. The number of hydrogen-bond acceptors (Lipinski definition) is 5. The minimum atomic E-state index is -0.946. The molecule has 0 saturated carbocycles. The Bertz CT molecular complexity index is 626. The Morgan fingerprint density at radius 1 is 1.33 bits per heavy atom. The quantitative estimate of drug-likeness (QED) is 0.631. The van der Waals surface area contributed by atoms with E-state index in [1.54, 1.807) is 30.3 Å². The van der Waals surface area contributed by atoms with E-state index in [-0.39, 0.29) is 4.91 Å². The summed E-state index contributed by atoms with van der Waals surface area (Å²) in [6.45, 7) is 1.45. The van der Waals surface area contributed by atoms with Gasteiger partial charge in [-0.2, -0.15) is 0 Å². The highest BCUT2D eigenvalue weighted by molar-refractivity contribution is 8.18. The Morgan fingerprint density at radius 3 is 2.52 bits per heavy atom. The van der Waals surface area contributed by atoms with Gasteiger partial charge in [0.05, 0.1) is 12.0 Å². The lowest BCUT2D eigenvalue weighted by Gasteiger charge is -2.18. The normalized spacial score (nSPS) is 18.2. The third-order valence-electron chi connectivity index (χ3n) is 2.92. The Kier molecular flexibility index (Phi) is 4.69. The van der Waals surface area contributed by atoms with E-state index in [4.69, 9.17) is 11.6 Å². The monoisotopic (exact) mass is 325 g/mol. The number of carbonyl (C=O) groups excluding carboxylic acids is 3. The van der Waals surface area contributed by atoms with E-state index in [9.17, 15) is 14.4 Å². The van der Waals surface area contributed by atoms with Crippen molar-refractivity contribution in [3.05, 3.63) is 39.8 Å². The lowest BCUT2D eigenvalue weighted by molar-refractivity contribution is -0.148. The van der Waals surface area contributed by atoms with Gasteiger partial charge in [-0.15, -0.1) is 0 Å². The highest BCUT2D eigenvalue weighted by Crippen LogP contribution is 2.33. The molecule has 1 aliphatic heterocycles. The molecule has 0 aromatic heterocycles. The maximum absolute atomic E-state index is 12.2. The molecule has 1 heterocycles. The van der Waals surface area contributed by atoms with Gasteiger partial charge in [0, 0.05) is 5.02 Å². The van der Waals surface area contributed by atoms with Crippen molar-refractivity contribution < 1.29 is 19.1 Å². The van der Waals surface area contributed by atoms with E-state index >= 15 is 0 Å². The smallest absolute Gasteiger partial charge is 0.328 e. The molecule has 110 valence electrons. The number of methoxy groups -OCH3 is 1. The van der Waals surface area contributed by atoms with Crippen LogP contribution in [0.5, 0.6) is 0 Å². The number of rotatable bonds is 3. The number of hydrogen-bond donors (Lipinski definition) is 0. The van der Waals surface area contributed by atoms with Gasteiger partial charge in [0.15, 0.2) is 0 Å². The Balaban J connectivity index is 2.25. The maximum atomic E-state index is 12.2. The largest absolute Gasteiger partial charge is 0.467 e. The van der Waals surface area contributed by atoms with Crippen LogP contribution < -0.4 is 0 Å². The standard InChI is InChI=1S/C14H12ClNO4S/c1-8(13(18)20-2)16-12(17)11(21-14(16)19)7-9-3-5-10(15)6-4-9/h3-8H,1-2H3/b11-7-/t8-/m1/s1. The topological polar surface area (TPSA) is 63.7 Å². The van der Waals surface area contributed by atoms with Crippen LogP contribution >= 0.6 is 23.4 Å². The molecule has 1 fully saturated rings. The zero-order valence-electron chi connectivity index (χ0n) is 11.3. The highest BCUT2D eigenvalue weighted by Gasteiger charge is 2.41. The summed E-state index contributed by atoms with van der Waals surface area (Å²) in [6, 6.07) is 5.90. The van der Waals surface area contributed by atoms with E-state index in [0.29, 0.717) is 5.02 Å². The molecule has 1 aromatic carbocycles. The van der Waals surface area contributed by atoms with E-state index in [1.165, 1.54) is 14.0 Å². The Hall–Kier alpha value is -1.79. The van der Waals surface area contributed by atoms with Gasteiger partial charge in [-0.3, -0.25) is 14.5 Å². The van der Waals surface area contributed by atoms with Gasteiger partial charge >= 0.3 is 5.97 Å². The molecule has 0 spiro atoms. The third kappa shape index (κ3) is 3.28. The predicted molar refractivity (Wildman–Crippen MR) is 80.7 cm³/mol. The van der Waals surface area contributed by atoms with Gasteiger partial charge in [-0.1, -0.05) is 23.7 Å². The van der Waals surface area contributed by atoms with Gasteiger partial charge in [0.2, 0.25) is 0 Å². The molecule has 0 aliphatic carbocycles. The molecule has 1 aromatic rings. The summed E-state index contributed by atoms with van der Waals surface area (Å²) < 4.78 is 4.56. The Morgan fingerprint density at radius 2 is 1.95 bits per heavy atom. The third-order valence-corrected chi connectivity index (χ3v) is 4.06. The summed E-state index contributed by atoms with van der Waals surface area (Å²) in [5.41, 5.74) is 0.746. The minimum absolute atomic E-state index is 0.262. The van der Waals surface area contributed by atoms with Crippen molar-refractivity contribution in [1.29, 1.82) is 0 Å². The van der Waals surface area contributed by atoms with E-state index in [0.717, 1.165) is 22.2 Å². The van der Waals surface area contributed by atoms with Gasteiger partial charge < -0.3 is 4.74 Å². The zero-order chi connectivity index (χ0) is 15.6. The molecule has 1 saturated heterocycles. The molecule has 1 atom stereocenters. The van der Waals surface area contributed by atoms with Crippen LogP contribution in [0.3, 0.4) is 0 Å².